The van der Waals surface area contributed by atoms with Crippen LogP contribution in [0, 0.1) is 0 Å². The van der Waals surface area contributed by atoms with Crippen LogP contribution in [0.25, 0.3) is 0 Å². The molecule has 0 aliphatic carbocycles. The number of thioether (sulfide) groups is 1. The molecule has 1 amide bonds. The van der Waals surface area contributed by atoms with Gasteiger partial charge in [-0.15, -0.1) is 0 Å². The summed E-state index contributed by atoms with van der Waals surface area (Å²) in [5, 5.41) is 6.83. The van der Waals surface area contributed by atoms with Crippen molar-refractivity contribution < 1.29 is 4.79 Å². The fraction of sp³-hybridized carbons (Fsp3) is 0.562. The van der Waals surface area contributed by atoms with Gasteiger partial charge in [0.15, 0.2) is 0 Å². The fourth-order valence-corrected chi connectivity index (χ4v) is 3.73. The van der Waals surface area contributed by atoms with E-state index in [1.54, 1.807) is 0 Å². The van der Waals surface area contributed by atoms with Gasteiger partial charge in [0.2, 0.25) is 0 Å². The minimum atomic E-state index is 0.0721. The van der Waals surface area contributed by atoms with Crippen molar-refractivity contribution in [2.45, 2.75) is 30.9 Å². The maximum atomic E-state index is 12.3. The zero-order valence-corrected chi connectivity index (χ0v) is 13.0. The molecular formula is C16H24N2OS. The molecule has 1 aliphatic heterocycles. The molecule has 0 bridgehead atoms. The van der Waals surface area contributed by atoms with E-state index in [4.69, 9.17) is 0 Å². The summed E-state index contributed by atoms with van der Waals surface area (Å²) in [6.07, 6.45) is 4.73. The van der Waals surface area contributed by atoms with Gasteiger partial charge < -0.3 is 10.6 Å². The number of rotatable bonds is 6. The van der Waals surface area contributed by atoms with Gasteiger partial charge in [0.25, 0.3) is 5.91 Å². The molecule has 0 radical (unpaired) electrons. The molecule has 1 saturated heterocycles. The molecule has 1 aromatic rings. The number of hydrogen-bond acceptors (Lipinski definition) is 3. The van der Waals surface area contributed by atoms with E-state index in [0.717, 1.165) is 30.6 Å². The van der Waals surface area contributed by atoms with E-state index < -0.39 is 0 Å². The van der Waals surface area contributed by atoms with Crippen LogP contribution in [0.15, 0.2) is 24.3 Å². The number of nitrogens with one attached hydrogen (secondary N) is 2. The molecule has 20 heavy (non-hydrogen) atoms. The van der Waals surface area contributed by atoms with Crippen molar-refractivity contribution >= 4 is 17.7 Å². The molecule has 1 fully saturated rings. The van der Waals surface area contributed by atoms with E-state index in [1.165, 1.54) is 25.0 Å². The Hall–Kier alpha value is -1.00. The molecule has 2 rings (SSSR count). The van der Waals surface area contributed by atoms with Gasteiger partial charge in [-0.3, -0.25) is 4.79 Å². The molecule has 1 aliphatic rings. The Morgan fingerprint density at radius 2 is 2.20 bits per heavy atom. The first-order valence-electron chi connectivity index (χ1n) is 7.43. The van der Waals surface area contributed by atoms with Gasteiger partial charge in [0.05, 0.1) is 0 Å². The monoisotopic (exact) mass is 292 g/mol. The summed E-state index contributed by atoms with van der Waals surface area (Å²) >= 11 is 1.99. The molecule has 1 heterocycles. The number of carbonyl (C=O) groups excluding carboxylic acids is 1. The highest BCUT2D eigenvalue weighted by atomic mass is 32.2. The van der Waals surface area contributed by atoms with E-state index in [9.17, 15) is 4.79 Å². The molecule has 1 atom stereocenters. The topological polar surface area (TPSA) is 41.1 Å². The average molecular weight is 292 g/mol. The highest BCUT2D eigenvalue weighted by Crippen LogP contribution is 2.24. The molecule has 2 N–H and O–H groups in total. The Bertz CT molecular complexity index is 430. The first-order chi connectivity index (χ1) is 9.81. The minimum Gasteiger partial charge on any atom is -0.351 e. The molecule has 0 saturated carbocycles. The number of likely N-dealkylation sites (N-methyl/N-ethyl adjacent to an activating group) is 1. The maximum absolute atomic E-state index is 12.3. The molecule has 4 heteroatoms. The first kappa shape index (κ1) is 15.4. The van der Waals surface area contributed by atoms with Crippen molar-refractivity contribution in [3.05, 3.63) is 35.4 Å². The van der Waals surface area contributed by atoms with E-state index in [2.05, 4.69) is 10.6 Å². The van der Waals surface area contributed by atoms with Crippen molar-refractivity contribution in [2.75, 3.05) is 25.9 Å². The van der Waals surface area contributed by atoms with Crippen molar-refractivity contribution in [2.24, 2.45) is 0 Å². The summed E-state index contributed by atoms with van der Waals surface area (Å²) in [6.45, 7) is 1.69. The third-order valence-corrected chi connectivity index (χ3v) is 5.07. The number of carbonyl (C=O) groups is 1. The summed E-state index contributed by atoms with van der Waals surface area (Å²) in [7, 11) is 1.93. The van der Waals surface area contributed by atoms with Crippen LogP contribution in [0.3, 0.4) is 0 Å². The molecule has 1 aromatic carbocycles. The maximum Gasteiger partial charge on any atom is 0.251 e. The summed E-state index contributed by atoms with van der Waals surface area (Å²) in [4.78, 5) is 12.3. The lowest BCUT2D eigenvalue weighted by atomic mass is 10.0. The summed E-state index contributed by atoms with van der Waals surface area (Å²) in [5.41, 5.74) is 1.94. The van der Waals surface area contributed by atoms with Crippen molar-refractivity contribution in [3.63, 3.8) is 0 Å². The van der Waals surface area contributed by atoms with E-state index in [1.807, 2.05) is 43.1 Å². The average Bonchev–Trinajstić information content (AvgIpc) is 2.52. The highest BCUT2D eigenvalue weighted by molar-refractivity contribution is 7.99. The molecule has 0 aromatic heterocycles. The van der Waals surface area contributed by atoms with E-state index >= 15 is 0 Å². The van der Waals surface area contributed by atoms with Crippen LogP contribution < -0.4 is 10.6 Å². The van der Waals surface area contributed by atoms with Gasteiger partial charge in [-0.05, 0) is 50.2 Å². The van der Waals surface area contributed by atoms with Gasteiger partial charge in [0.1, 0.15) is 0 Å². The Morgan fingerprint density at radius 1 is 1.35 bits per heavy atom. The predicted molar refractivity (Wildman–Crippen MR) is 86.5 cm³/mol. The smallest absolute Gasteiger partial charge is 0.251 e. The standard InChI is InChI=1S/C16H24N2OS/c1-17-10-9-13-6-2-3-8-15(13)16(19)18-12-14-7-4-5-11-20-14/h2-3,6,8,14,17H,4-5,7,9-12H2,1H3,(H,18,19). The molecule has 3 nitrogen and oxygen atoms in total. The SMILES string of the molecule is CNCCc1ccccc1C(=O)NCC1CCCCS1. The second-order valence-electron chi connectivity index (χ2n) is 5.21. The van der Waals surface area contributed by atoms with Crippen molar-refractivity contribution in [1.29, 1.82) is 0 Å². The highest BCUT2D eigenvalue weighted by Gasteiger charge is 2.16. The Morgan fingerprint density at radius 3 is 2.95 bits per heavy atom. The van der Waals surface area contributed by atoms with Crippen LogP contribution >= 0.6 is 11.8 Å². The number of hydrogen-bond donors (Lipinski definition) is 2. The molecule has 1 unspecified atom stereocenters. The van der Waals surface area contributed by atoms with Crippen LogP contribution in [0.1, 0.15) is 35.2 Å². The second kappa shape index (κ2) is 8.32. The second-order valence-corrected chi connectivity index (χ2v) is 6.62. The summed E-state index contributed by atoms with van der Waals surface area (Å²) in [5.74, 6) is 1.31. The summed E-state index contributed by atoms with van der Waals surface area (Å²) < 4.78 is 0. The molecule has 0 spiro atoms. The third-order valence-electron chi connectivity index (χ3n) is 3.67. The van der Waals surface area contributed by atoms with E-state index in [-0.39, 0.29) is 5.91 Å². The van der Waals surface area contributed by atoms with Gasteiger partial charge in [0, 0.05) is 17.4 Å². The zero-order valence-electron chi connectivity index (χ0n) is 12.2. The van der Waals surface area contributed by atoms with Crippen LogP contribution in [0.5, 0.6) is 0 Å². The quantitative estimate of drug-likeness (QED) is 0.846. The Labute approximate surface area is 125 Å². The summed E-state index contributed by atoms with van der Waals surface area (Å²) in [6, 6.07) is 7.90. The van der Waals surface area contributed by atoms with Crippen LogP contribution in [0.4, 0.5) is 0 Å². The lowest BCUT2D eigenvalue weighted by Gasteiger charge is -2.21. The fourth-order valence-electron chi connectivity index (χ4n) is 2.49. The predicted octanol–water partition coefficient (Wildman–Crippen LogP) is 2.46. The van der Waals surface area contributed by atoms with Crippen LogP contribution in [-0.4, -0.2) is 37.0 Å². The van der Waals surface area contributed by atoms with Crippen molar-refractivity contribution in [1.82, 2.24) is 10.6 Å². The van der Waals surface area contributed by atoms with E-state index in [0.29, 0.717) is 5.25 Å². The third kappa shape index (κ3) is 4.53. The first-order valence-corrected chi connectivity index (χ1v) is 8.48. The van der Waals surface area contributed by atoms with Gasteiger partial charge in [-0.1, -0.05) is 24.6 Å². The van der Waals surface area contributed by atoms with Crippen LogP contribution in [-0.2, 0) is 6.42 Å². The lowest BCUT2D eigenvalue weighted by molar-refractivity contribution is 0.0952. The molecule has 110 valence electrons. The van der Waals surface area contributed by atoms with Gasteiger partial charge in [-0.2, -0.15) is 11.8 Å². The Kier molecular flexibility index (Phi) is 6.40. The number of benzene rings is 1. The van der Waals surface area contributed by atoms with Crippen LogP contribution in [0.2, 0.25) is 0 Å². The number of amides is 1. The largest absolute Gasteiger partial charge is 0.351 e. The zero-order chi connectivity index (χ0) is 14.2. The van der Waals surface area contributed by atoms with Gasteiger partial charge in [-0.25, -0.2) is 0 Å². The minimum absolute atomic E-state index is 0.0721. The lowest BCUT2D eigenvalue weighted by Crippen LogP contribution is -2.32. The normalized spacial score (nSPS) is 18.8. The Balaban J connectivity index is 1.90. The molecular weight excluding hydrogens is 268 g/mol. The van der Waals surface area contributed by atoms with Crippen molar-refractivity contribution in [3.8, 4) is 0 Å². The van der Waals surface area contributed by atoms with Gasteiger partial charge >= 0.3 is 0 Å².